The zero-order chi connectivity index (χ0) is 48.5. The number of nitrogens with zero attached hydrogens (tertiary/aromatic N) is 5. The summed E-state index contributed by atoms with van der Waals surface area (Å²) in [5.41, 5.74) is 4.48. The Bertz CT molecular complexity index is 2320. The van der Waals surface area contributed by atoms with Gasteiger partial charge in [0, 0.05) is 80.9 Å². The Hall–Kier alpha value is -5.44. The number of carbonyl (C=O) groups excluding carboxylic acids is 5. The van der Waals surface area contributed by atoms with Gasteiger partial charge >= 0.3 is 12.1 Å². The normalized spacial score (nSPS) is 23.2. The molecule has 0 spiro atoms. The lowest BCUT2D eigenvalue weighted by atomic mass is 9.81. The van der Waals surface area contributed by atoms with Gasteiger partial charge in [0.25, 0.3) is 0 Å². The van der Waals surface area contributed by atoms with Crippen LogP contribution in [0.2, 0.25) is 0 Å². The molecule has 6 heterocycles. The van der Waals surface area contributed by atoms with Crippen LogP contribution >= 0.6 is 0 Å². The van der Waals surface area contributed by atoms with Gasteiger partial charge in [0.1, 0.15) is 18.6 Å². The lowest BCUT2D eigenvalue weighted by Gasteiger charge is -2.37. The standard InChI is InChI=1S/C50H66N6O13/c1-3-37-38-27-36(9-10-41(38)52-46-39(37)31-55-30-35-32-68-48(61)50(63,4-2)40(35)28-42(46)55)69-49(62)54-17-15-53(16-18-54)43(57)13-19-64-21-23-66-25-26-67-24-22-65-20-14-51-47(60)34-7-5-33(6-8-34)29-56-44(58)11-12-45(56)59/h9-12,27-28,33-34,44,58,63H,3-8,13-26,29-32H2,1-2H3,(H,51,60). The van der Waals surface area contributed by atoms with Crippen LogP contribution in [0.4, 0.5) is 4.79 Å². The predicted molar refractivity (Wildman–Crippen MR) is 250 cm³/mol. The summed E-state index contributed by atoms with van der Waals surface area (Å²) < 4.78 is 33.5. The van der Waals surface area contributed by atoms with E-state index in [-0.39, 0.29) is 55.6 Å². The van der Waals surface area contributed by atoms with E-state index in [1.54, 1.807) is 22.8 Å². The Kier molecular flexibility index (Phi) is 16.6. The number of piperazine rings is 1. The maximum atomic E-state index is 13.3. The van der Waals surface area contributed by atoms with Crippen LogP contribution in [0.15, 0.2) is 47.6 Å². The lowest BCUT2D eigenvalue weighted by molar-refractivity contribution is -0.163. The number of pyridine rings is 1. The number of carbonyl (C=O) groups is 5. The van der Waals surface area contributed by atoms with Crippen molar-refractivity contribution in [1.82, 2.24) is 29.9 Å². The summed E-state index contributed by atoms with van der Waals surface area (Å²) in [6, 6.07) is 5.46. The molecule has 19 nitrogen and oxygen atoms in total. The maximum absolute atomic E-state index is 13.3. The van der Waals surface area contributed by atoms with Crippen molar-refractivity contribution in [3.8, 4) is 5.75 Å². The summed E-state index contributed by atoms with van der Waals surface area (Å²) in [6.07, 6.45) is 7.87. The molecule has 1 aromatic carbocycles. The van der Waals surface area contributed by atoms with E-state index < -0.39 is 23.9 Å². The number of aromatic nitrogens is 1. The van der Waals surface area contributed by atoms with Gasteiger partial charge in [-0.25, -0.2) is 14.6 Å². The summed E-state index contributed by atoms with van der Waals surface area (Å²) in [5, 5.41) is 25.0. The smallest absolute Gasteiger partial charge is 0.415 e. The van der Waals surface area contributed by atoms with Crippen LogP contribution < -0.4 is 10.1 Å². The molecule has 1 aliphatic carbocycles. The molecule has 2 atom stereocenters. The molecular weight excluding hydrogens is 893 g/mol. The highest BCUT2D eigenvalue weighted by molar-refractivity contribution is 5.92. The van der Waals surface area contributed by atoms with Gasteiger partial charge in [0.15, 0.2) is 5.60 Å². The van der Waals surface area contributed by atoms with Crippen LogP contribution in [-0.2, 0) is 55.8 Å². The first kappa shape index (κ1) is 50.0. The monoisotopic (exact) mass is 958 g/mol. The summed E-state index contributed by atoms with van der Waals surface area (Å²) in [5.74, 6) is -0.131. The third-order valence-electron chi connectivity index (χ3n) is 14.1. The molecule has 0 radical (unpaired) electrons. The number of rotatable bonds is 21. The second-order valence-corrected chi connectivity index (χ2v) is 18.4. The Morgan fingerprint density at radius 1 is 0.884 bits per heavy atom. The highest BCUT2D eigenvalue weighted by Crippen LogP contribution is 2.44. The molecule has 1 aromatic heterocycles. The van der Waals surface area contributed by atoms with E-state index in [2.05, 4.69) is 17.1 Å². The molecule has 4 amide bonds. The van der Waals surface area contributed by atoms with E-state index in [9.17, 15) is 34.2 Å². The van der Waals surface area contributed by atoms with Crippen LogP contribution in [0.25, 0.3) is 16.6 Å². The highest BCUT2D eigenvalue weighted by atomic mass is 16.6. The van der Waals surface area contributed by atoms with Crippen LogP contribution in [0, 0.1) is 11.8 Å². The van der Waals surface area contributed by atoms with Gasteiger partial charge in [-0.05, 0) is 85.9 Å². The second-order valence-electron chi connectivity index (χ2n) is 18.4. The predicted octanol–water partition coefficient (Wildman–Crippen LogP) is 2.70. The maximum Gasteiger partial charge on any atom is 0.415 e. The van der Waals surface area contributed by atoms with Crippen molar-refractivity contribution >= 4 is 46.4 Å². The average molecular weight is 959 g/mol. The molecule has 69 heavy (non-hydrogen) atoms. The molecular formula is C50H66N6O13. The van der Waals surface area contributed by atoms with Gasteiger partial charge in [0.05, 0.1) is 76.2 Å². The van der Waals surface area contributed by atoms with Crippen molar-refractivity contribution < 1.29 is 62.6 Å². The van der Waals surface area contributed by atoms with Gasteiger partial charge in [-0.1, -0.05) is 13.8 Å². The topological polar surface area (TPSA) is 219 Å². The van der Waals surface area contributed by atoms with Gasteiger partial charge in [-0.15, -0.1) is 0 Å². The molecule has 8 rings (SSSR count). The number of ether oxygens (including phenoxy) is 6. The number of cyclic esters (lactones) is 1. The number of hydrogen-bond acceptors (Lipinski definition) is 15. The fourth-order valence-corrected chi connectivity index (χ4v) is 10.1. The van der Waals surface area contributed by atoms with Crippen LogP contribution in [0.3, 0.4) is 0 Å². The SMILES string of the molecule is CCc1c2c(nc3ccc(OC(=O)N4CCN(C(=O)CCOCCOCCOCCOCCNC(=O)C5CCC(CN6C(=O)C=CC6O)CC5)CC4)cc13)C1=CC3=C(COC(=O)C3(O)CC)CN1C2. The van der Waals surface area contributed by atoms with Crippen molar-refractivity contribution in [2.45, 2.75) is 77.2 Å². The number of benzene rings is 1. The van der Waals surface area contributed by atoms with Crippen LogP contribution in [0.1, 0.15) is 69.2 Å². The van der Waals surface area contributed by atoms with E-state index in [0.717, 1.165) is 71.1 Å². The van der Waals surface area contributed by atoms with Crippen molar-refractivity contribution in [3.63, 3.8) is 0 Å². The third-order valence-corrected chi connectivity index (χ3v) is 14.1. The van der Waals surface area contributed by atoms with E-state index in [1.807, 2.05) is 18.2 Å². The lowest BCUT2D eigenvalue weighted by Crippen LogP contribution is -2.51. The minimum atomic E-state index is -1.68. The quantitative estimate of drug-likeness (QED) is 0.121. The number of amides is 4. The first-order valence-corrected chi connectivity index (χ1v) is 24.5. The number of aliphatic hydroxyl groups is 2. The largest absolute Gasteiger partial charge is 0.459 e. The molecule has 6 aliphatic rings. The molecule has 1 saturated heterocycles. The zero-order valence-corrected chi connectivity index (χ0v) is 39.8. The van der Waals surface area contributed by atoms with E-state index in [4.69, 9.17) is 33.4 Å². The van der Waals surface area contributed by atoms with E-state index >= 15 is 0 Å². The Balaban J connectivity index is 0.648. The minimum absolute atomic E-state index is 0.0296. The number of esters is 1. The van der Waals surface area contributed by atoms with E-state index in [0.29, 0.717) is 110 Å². The summed E-state index contributed by atoms with van der Waals surface area (Å²) in [4.78, 5) is 75.3. The summed E-state index contributed by atoms with van der Waals surface area (Å²) in [6.45, 7) is 10.6. The number of nitrogens with one attached hydrogen (secondary N) is 1. The minimum Gasteiger partial charge on any atom is -0.459 e. The summed E-state index contributed by atoms with van der Waals surface area (Å²) >= 11 is 0. The number of hydrogen-bond donors (Lipinski definition) is 3. The third kappa shape index (κ3) is 11.6. The van der Waals surface area contributed by atoms with Crippen molar-refractivity contribution in [3.05, 3.63) is 64.4 Å². The number of aliphatic hydroxyl groups excluding tert-OH is 1. The van der Waals surface area contributed by atoms with Gasteiger partial charge in [-0.2, -0.15) is 0 Å². The van der Waals surface area contributed by atoms with Crippen LogP contribution in [0.5, 0.6) is 5.75 Å². The molecule has 1 saturated carbocycles. The molecule has 2 unspecified atom stereocenters. The first-order chi connectivity index (χ1) is 33.5. The van der Waals surface area contributed by atoms with Gasteiger partial charge < -0.3 is 63.6 Å². The molecule has 0 bridgehead atoms. The van der Waals surface area contributed by atoms with E-state index in [1.165, 1.54) is 17.1 Å². The Morgan fingerprint density at radius 2 is 1.57 bits per heavy atom. The number of aryl methyl sites for hydroxylation is 1. The highest BCUT2D eigenvalue weighted by Gasteiger charge is 2.47. The molecule has 2 aromatic rings. The molecule has 5 aliphatic heterocycles. The fourth-order valence-electron chi connectivity index (χ4n) is 10.1. The Morgan fingerprint density at radius 3 is 2.23 bits per heavy atom. The van der Waals surface area contributed by atoms with Crippen LogP contribution in [-0.4, -0.2) is 182 Å². The van der Waals surface area contributed by atoms with Gasteiger partial charge in [0.2, 0.25) is 17.7 Å². The van der Waals surface area contributed by atoms with Crippen molar-refractivity contribution in [2.24, 2.45) is 11.8 Å². The van der Waals surface area contributed by atoms with Crippen molar-refractivity contribution in [1.29, 1.82) is 0 Å². The Labute approximate surface area is 402 Å². The number of fused-ring (bicyclic) bond motifs is 4. The van der Waals surface area contributed by atoms with Crippen molar-refractivity contribution in [2.75, 3.05) is 105 Å². The van der Waals surface area contributed by atoms with Gasteiger partial charge in [-0.3, -0.25) is 14.4 Å². The molecule has 2 fully saturated rings. The average Bonchev–Trinajstić information content (AvgIpc) is 3.88. The fraction of sp³-hybridized carbons (Fsp3) is 0.600. The second kappa shape index (κ2) is 23.0. The summed E-state index contributed by atoms with van der Waals surface area (Å²) in [7, 11) is 0. The first-order valence-electron chi connectivity index (χ1n) is 24.5. The molecule has 3 N–H and O–H groups in total. The zero-order valence-electron chi connectivity index (χ0n) is 39.8. The molecule has 19 heteroatoms. The molecule has 374 valence electrons.